The fourth-order valence-electron chi connectivity index (χ4n) is 2.68. The zero-order valence-corrected chi connectivity index (χ0v) is 17.9. The Morgan fingerprint density at radius 3 is 1.71 bits per heavy atom. The fraction of sp³-hybridized carbons (Fsp3) is 0.625. The Morgan fingerprint density at radius 1 is 1.00 bits per heavy atom. The Morgan fingerprint density at radius 2 is 1.43 bits per heavy atom. The van der Waals surface area contributed by atoms with Gasteiger partial charge in [-0.3, -0.25) is 0 Å². The van der Waals surface area contributed by atoms with E-state index in [1.165, 1.54) is 11.0 Å². The smallest absolute Gasteiger partial charge is 0.157 e. The van der Waals surface area contributed by atoms with Crippen LogP contribution in [0.3, 0.4) is 0 Å². The molecule has 1 aromatic carbocycles. The molecule has 0 spiro atoms. The minimum atomic E-state index is -1.94. The molecule has 0 aliphatic heterocycles. The van der Waals surface area contributed by atoms with E-state index in [1.54, 1.807) is 0 Å². The van der Waals surface area contributed by atoms with E-state index in [0.29, 0.717) is 5.88 Å². The molecule has 0 aliphatic rings. The van der Waals surface area contributed by atoms with Crippen molar-refractivity contribution in [1.29, 1.82) is 0 Å². The molecule has 0 bridgehead atoms. The third-order valence-electron chi connectivity index (χ3n) is 3.81. The van der Waals surface area contributed by atoms with E-state index in [-0.39, 0.29) is 30.7 Å². The molecule has 0 aliphatic carbocycles. The minimum Gasteiger partial charge on any atom is -0.378 e. The number of hydrogen-bond donors (Lipinski definition) is 0. The number of rotatable bonds is 4. The van der Waals surface area contributed by atoms with E-state index in [0.717, 1.165) is 0 Å². The van der Waals surface area contributed by atoms with Crippen LogP contribution in [0.5, 0.6) is 0 Å². The van der Waals surface area contributed by atoms with Gasteiger partial charge in [0.05, 0.1) is 22.3 Å². The molecule has 0 radical (unpaired) electrons. The third-order valence-corrected chi connectivity index (χ3v) is 12.8. The molecule has 1 unspecified atom stereocenters. The molecular formula is C16H27Cl2NPPd+. The van der Waals surface area contributed by atoms with Gasteiger partial charge in [-0.2, -0.15) is 0 Å². The zero-order valence-electron chi connectivity index (χ0n) is 14.0. The van der Waals surface area contributed by atoms with E-state index in [9.17, 15) is 0 Å². The van der Waals surface area contributed by atoms with Crippen LogP contribution in [0.1, 0.15) is 34.6 Å². The first kappa shape index (κ1) is 21.7. The number of anilines is 1. The van der Waals surface area contributed by atoms with Gasteiger partial charge in [-0.1, -0.05) is 0 Å². The van der Waals surface area contributed by atoms with Crippen LogP contribution in [-0.4, -0.2) is 30.3 Å². The molecule has 1 aromatic rings. The molecule has 1 atom stereocenters. The Kier molecular flexibility index (Phi) is 7.76. The quantitative estimate of drug-likeness (QED) is 0.345. The molecule has 0 N–H and O–H groups in total. The summed E-state index contributed by atoms with van der Waals surface area (Å²) in [4.78, 5) is 2.10. The SMILES string of the molecule is CN(C)c1ccc([P+](Cl)(C(C)(C)C)C(C)(C)CCl)cc1.[Pd]. The molecule has 0 amide bonds. The van der Waals surface area contributed by atoms with E-state index in [1.807, 2.05) is 14.1 Å². The number of alkyl halides is 1. The number of halogens is 2. The fourth-order valence-corrected chi connectivity index (χ4v) is 7.94. The first-order chi connectivity index (χ1) is 8.97. The molecule has 0 heterocycles. The maximum absolute atomic E-state index is 7.28. The van der Waals surface area contributed by atoms with Crippen LogP contribution in [0.15, 0.2) is 24.3 Å². The van der Waals surface area contributed by atoms with Crippen molar-refractivity contribution in [2.75, 3.05) is 24.9 Å². The van der Waals surface area contributed by atoms with Gasteiger partial charge in [-0.15, -0.1) is 11.6 Å². The van der Waals surface area contributed by atoms with E-state index in [2.05, 4.69) is 63.8 Å². The molecule has 1 rings (SSSR count). The van der Waals surface area contributed by atoms with Crippen LogP contribution < -0.4 is 10.2 Å². The van der Waals surface area contributed by atoms with Gasteiger partial charge in [0.1, 0.15) is 10.5 Å². The summed E-state index contributed by atoms with van der Waals surface area (Å²) in [7, 11) is 4.09. The van der Waals surface area contributed by atoms with E-state index >= 15 is 0 Å². The Bertz CT molecular complexity index is 454. The topological polar surface area (TPSA) is 3.24 Å². The summed E-state index contributed by atoms with van der Waals surface area (Å²) in [5.74, 6) is 0.566. The summed E-state index contributed by atoms with van der Waals surface area (Å²) >= 11 is 13.5. The Balaban J connectivity index is 0.00000400. The molecule has 0 aromatic heterocycles. The van der Waals surface area contributed by atoms with E-state index in [4.69, 9.17) is 22.8 Å². The van der Waals surface area contributed by atoms with Crippen molar-refractivity contribution in [1.82, 2.24) is 0 Å². The van der Waals surface area contributed by atoms with Gasteiger partial charge in [0.15, 0.2) is 6.62 Å². The molecular weight excluding hydrogens is 414 g/mol. The molecule has 124 valence electrons. The molecule has 1 nitrogen and oxygen atoms in total. The zero-order chi connectivity index (χ0) is 15.8. The largest absolute Gasteiger partial charge is 0.378 e. The van der Waals surface area contributed by atoms with Gasteiger partial charge in [0, 0.05) is 40.2 Å². The molecule has 0 saturated carbocycles. The Hall–Kier alpha value is 0.692. The van der Waals surface area contributed by atoms with Crippen LogP contribution in [-0.2, 0) is 20.4 Å². The predicted octanol–water partition coefficient (Wildman–Crippen LogP) is 5.36. The molecule has 21 heavy (non-hydrogen) atoms. The molecule has 0 saturated heterocycles. The predicted molar refractivity (Wildman–Crippen MR) is 97.7 cm³/mol. The Labute approximate surface area is 154 Å². The van der Waals surface area contributed by atoms with Crippen molar-refractivity contribution in [3.05, 3.63) is 24.3 Å². The van der Waals surface area contributed by atoms with Gasteiger partial charge >= 0.3 is 0 Å². The van der Waals surface area contributed by atoms with Gasteiger partial charge in [-0.25, -0.2) is 0 Å². The maximum Gasteiger partial charge on any atom is 0.157 e. The van der Waals surface area contributed by atoms with Crippen molar-refractivity contribution >= 4 is 40.4 Å². The van der Waals surface area contributed by atoms with Crippen LogP contribution >= 0.6 is 29.5 Å². The van der Waals surface area contributed by atoms with Gasteiger partial charge in [0.25, 0.3) is 0 Å². The monoisotopic (exact) mass is 440 g/mol. The first-order valence-electron chi connectivity index (χ1n) is 6.90. The van der Waals surface area contributed by atoms with Crippen molar-refractivity contribution in [3.8, 4) is 0 Å². The second kappa shape index (κ2) is 7.51. The van der Waals surface area contributed by atoms with Gasteiger partial charge in [0.2, 0.25) is 0 Å². The standard InChI is InChI=1S/C16H27Cl2NP.Pd/c1-15(2,3)20(18,16(4,5)12-17)14-10-8-13(9-11-14)19(6)7;/h8-11H,12H2,1-7H3;/q+1;. The van der Waals surface area contributed by atoms with Crippen LogP contribution in [0.4, 0.5) is 5.69 Å². The summed E-state index contributed by atoms with van der Waals surface area (Å²) in [6, 6.07) is 8.64. The van der Waals surface area contributed by atoms with Crippen LogP contribution in [0.25, 0.3) is 0 Å². The molecule has 0 fully saturated rings. The van der Waals surface area contributed by atoms with Crippen molar-refractivity contribution in [2.24, 2.45) is 0 Å². The van der Waals surface area contributed by atoms with Crippen molar-refractivity contribution < 1.29 is 20.4 Å². The number of hydrogen-bond acceptors (Lipinski definition) is 1. The van der Waals surface area contributed by atoms with Crippen molar-refractivity contribution in [2.45, 2.75) is 44.9 Å². The first-order valence-corrected chi connectivity index (χ1v) is 10.1. The number of benzene rings is 1. The number of nitrogens with zero attached hydrogens (tertiary/aromatic N) is 1. The summed E-state index contributed by atoms with van der Waals surface area (Å²) in [6.45, 7) is 9.11. The second-order valence-electron chi connectivity index (χ2n) is 7.12. The molecule has 5 heteroatoms. The summed E-state index contributed by atoms with van der Waals surface area (Å²) < 4.78 is 0. The van der Waals surface area contributed by atoms with E-state index < -0.39 is 6.62 Å². The third kappa shape index (κ3) is 4.16. The minimum absolute atomic E-state index is 0. The summed E-state index contributed by atoms with van der Waals surface area (Å²) in [5.41, 5.74) is 1.19. The maximum atomic E-state index is 7.28. The average Bonchev–Trinajstić information content (AvgIpc) is 2.36. The van der Waals surface area contributed by atoms with Crippen LogP contribution in [0, 0.1) is 0 Å². The van der Waals surface area contributed by atoms with Crippen LogP contribution in [0.2, 0.25) is 0 Å². The average molecular weight is 442 g/mol. The van der Waals surface area contributed by atoms with Gasteiger partial charge < -0.3 is 4.90 Å². The second-order valence-corrected chi connectivity index (χ2v) is 13.2. The summed E-state index contributed by atoms with van der Waals surface area (Å²) in [6.07, 6.45) is 0. The van der Waals surface area contributed by atoms with Gasteiger partial charge in [-0.05, 0) is 58.9 Å². The van der Waals surface area contributed by atoms with Crippen molar-refractivity contribution in [3.63, 3.8) is 0 Å². The normalized spacial score (nSPS) is 15.1. The summed E-state index contributed by atoms with van der Waals surface area (Å²) in [5, 5.41) is 1.14.